The molecule has 1 aromatic carbocycles. The number of thiazole rings is 1. The molecule has 7 heteroatoms. The molecule has 2 N–H and O–H groups in total. The van der Waals surface area contributed by atoms with Crippen molar-refractivity contribution < 1.29 is 13.4 Å². The van der Waals surface area contributed by atoms with E-state index in [2.05, 4.69) is 4.98 Å². The zero-order chi connectivity index (χ0) is 13.3. The van der Waals surface area contributed by atoms with Crippen molar-refractivity contribution in [3.05, 3.63) is 35.8 Å². The van der Waals surface area contributed by atoms with E-state index in [1.807, 2.05) is 0 Å². The summed E-state index contributed by atoms with van der Waals surface area (Å²) >= 11 is 1.12. The third kappa shape index (κ3) is 2.46. The van der Waals surface area contributed by atoms with Crippen LogP contribution in [0.15, 0.2) is 28.6 Å². The second kappa shape index (κ2) is 4.95. The van der Waals surface area contributed by atoms with Gasteiger partial charge in [0.05, 0.1) is 15.7 Å². The zero-order valence-electron chi connectivity index (χ0n) is 9.34. The third-order valence-electron chi connectivity index (χ3n) is 2.19. The summed E-state index contributed by atoms with van der Waals surface area (Å²) in [6.45, 7) is 0. The van der Waals surface area contributed by atoms with Crippen LogP contribution in [0.1, 0.15) is 10.5 Å². The normalized spacial score (nSPS) is 12.3. The van der Waals surface area contributed by atoms with Crippen molar-refractivity contribution in [1.82, 2.24) is 4.98 Å². The Bertz CT molecular complexity index is 622. The van der Waals surface area contributed by atoms with Gasteiger partial charge in [-0.2, -0.15) is 0 Å². The predicted octanol–water partition coefficient (Wildman–Crippen LogP) is 1.79. The van der Waals surface area contributed by atoms with Gasteiger partial charge in [-0.05, 0) is 17.7 Å². The zero-order valence-corrected chi connectivity index (χ0v) is 11.0. The van der Waals surface area contributed by atoms with Gasteiger partial charge in [0.25, 0.3) is 5.91 Å². The summed E-state index contributed by atoms with van der Waals surface area (Å²) in [6.07, 6.45) is 1.47. The Morgan fingerprint density at radius 2 is 2.00 bits per heavy atom. The molecule has 4 nitrogen and oxygen atoms in total. The lowest BCUT2D eigenvalue weighted by atomic mass is 10.1. The Hall–Kier alpha value is -1.60. The van der Waals surface area contributed by atoms with Gasteiger partial charge in [-0.1, -0.05) is 12.1 Å². The third-order valence-corrected chi connectivity index (χ3v) is 4.63. The van der Waals surface area contributed by atoms with Crippen molar-refractivity contribution in [2.24, 2.45) is 5.73 Å². The molecule has 0 aliphatic carbocycles. The van der Waals surface area contributed by atoms with Gasteiger partial charge in [-0.3, -0.25) is 9.00 Å². The van der Waals surface area contributed by atoms with Crippen LogP contribution in [0.5, 0.6) is 0 Å². The van der Waals surface area contributed by atoms with E-state index in [0.717, 1.165) is 11.3 Å². The lowest BCUT2D eigenvalue weighted by Gasteiger charge is -1.98. The summed E-state index contributed by atoms with van der Waals surface area (Å²) < 4.78 is 24.5. The summed E-state index contributed by atoms with van der Waals surface area (Å²) in [5, 5.41) is 0. The largest absolute Gasteiger partial charge is 0.364 e. The van der Waals surface area contributed by atoms with Crippen molar-refractivity contribution in [1.29, 1.82) is 0 Å². The fraction of sp³-hybridized carbons (Fsp3) is 0.0909. The highest BCUT2D eigenvalue weighted by molar-refractivity contribution is 7.86. The summed E-state index contributed by atoms with van der Waals surface area (Å²) in [5.74, 6) is -1.06. The fourth-order valence-electron chi connectivity index (χ4n) is 1.39. The summed E-state index contributed by atoms with van der Waals surface area (Å²) in [5.41, 5.74) is 5.92. The van der Waals surface area contributed by atoms with Crippen LogP contribution >= 0.6 is 11.3 Å². The molecule has 2 aromatic rings. The minimum Gasteiger partial charge on any atom is -0.364 e. The van der Waals surface area contributed by atoms with E-state index >= 15 is 0 Å². The molecule has 94 valence electrons. The second-order valence-electron chi connectivity index (χ2n) is 3.48. The molecule has 0 saturated heterocycles. The number of hydrogen-bond donors (Lipinski definition) is 1. The van der Waals surface area contributed by atoms with Crippen LogP contribution in [0.4, 0.5) is 4.39 Å². The highest BCUT2D eigenvalue weighted by Gasteiger charge is 2.18. The molecule has 1 amide bonds. The Kier molecular flexibility index (Phi) is 3.53. The molecule has 1 atom stereocenters. The van der Waals surface area contributed by atoms with Crippen LogP contribution in [0.25, 0.3) is 10.4 Å². The molecule has 1 aromatic heterocycles. The van der Waals surface area contributed by atoms with Crippen LogP contribution in [-0.4, -0.2) is 21.4 Å². The summed E-state index contributed by atoms with van der Waals surface area (Å²) in [6, 6.07) is 5.61. The monoisotopic (exact) mass is 284 g/mol. The summed E-state index contributed by atoms with van der Waals surface area (Å²) in [7, 11) is -1.29. The Morgan fingerprint density at radius 1 is 1.39 bits per heavy atom. The van der Waals surface area contributed by atoms with E-state index in [9.17, 15) is 13.4 Å². The Labute approximate surface area is 109 Å². The molecule has 1 unspecified atom stereocenters. The molecule has 1 heterocycles. The number of aromatic nitrogens is 1. The van der Waals surface area contributed by atoms with Crippen LogP contribution < -0.4 is 5.73 Å². The number of benzene rings is 1. The Morgan fingerprint density at radius 3 is 2.50 bits per heavy atom. The van der Waals surface area contributed by atoms with Crippen LogP contribution in [-0.2, 0) is 10.8 Å². The predicted molar refractivity (Wildman–Crippen MR) is 68.4 cm³/mol. The quantitative estimate of drug-likeness (QED) is 0.933. The number of hydrogen-bond acceptors (Lipinski definition) is 4. The van der Waals surface area contributed by atoms with Gasteiger partial charge in [0.2, 0.25) is 0 Å². The number of primary amides is 1. The fourth-order valence-corrected chi connectivity index (χ4v) is 3.14. The van der Waals surface area contributed by atoms with Gasteiger partial charge in [0.15, 0.2) is 4.34 Å². The van der Waals surface area contributed by atoms with Crippen LogP contribution in [0.3, 0.4) is 0 Å². The number of amides is 1. The average Bonchev–Trinajstić information content (AvgIpc) is 2.75. The smallest absolute Gasteiger partial charge is 0.268 e. The van der Waals surface area contributed by atoms with Crippen molar-refractivity contribution >= 4 is 28.0 Å². The van der Waals surface area contributed by atoms with Crippen molar-refractivity contribution in [3.8, 4) is 10.4 Å². The van der Waals surface area contributed by atoms with E-state index in [1.54, 1.807) is 0 Å². The molecule has 0 radical (unpaired) electrons. The summed E-state index contributed by atoms with van der Waals surface area (Å²) in [4.78, 5) is 15.8. The van der Waals surface area contributed by atoms with E-state index in [1.165, 1.54) is 30.5 Å². The van der Waals surface area contributed by atoms with E-state index in [-0.39, 0.29) is 11.5 Å². The molecular formula is C11H9FN2O2S2. The molecule has 0 aliphatic heterocycles. The molecule has 0 saturated carbocycles. The molecule has 18 heavy (non-hydrogen) atoms. The molecule has 0 bridgehead atoms. The number of rotatable bonds is 3. The number of carbonyl (C=O) groups is 1. The first-order valence-corrected chi connectivity index (χ1v) is 7.26. The maximum absolute atomic E-state index is 12.8. The maximum Gasteiger partial charge on any atom is 0.268 e. The van der Waals surface area contributed by atoms with Gasteiger partial charge in [0, 0.05) is 6.26 Å². The van der Waals surface area contributed by atoms with Gasteiger partial charge in [-0.25, -0.2) is 9.37 Å². The lowest BCUT2D eigenvalue weighted by molar-refractivity contribution is 0.0996. The topological polar surface area (TPSA) is 73.1 Å². The number of nitrogens with two attached hydrogens (primary N) is 1. The highest BCUT2D eigenvalue weighted by Crippen LogP contribution is 2.31. The van der Waals surface area contributed by atoms with Crippen molar-refractivity contribution in [2.45, 2.75) is 4.34 Å². The molecule has 0 fully saturated rings. The molecular weight excluding hydrogens is 275 g/mol. The lowest BCUT2D eigenvalue weighted by Crippen LogP contribution is -2.12. The minimum absolute atomic E-state index is 0.0665. The highest BCUT2D eigenvalue weighted by atomic mass is 32.2. The van der Waals surface area contributed by atoms with Gasteiger partial charge in [-0.15, -0.1) is 11.3 Å². The first-order chi connectivity index (χ1) is 8.49. The molecule has 2 rings (SSSR count). The number of halogens is 1. The van der Waals surface area contributed by atoms with E-state index in [0.29, 0.717) is 14.8 Å². The first kappa shape index (κ1) is 12.8. The van der Waals surface area contributed by atoms with Crippen LogP contribution in [0, 0.1) is 5.82 Å². The Balaban J connectivity index is 2.58. The van der Waals surface area contributed by atoms with Gasteiger partial charge >= 0.3 is 0 Å². The van der Waals surface area contributed by atoms with Crippen molar-refractivity contribution in [3.63, 3.8) is 0 Å². The number of nitrogens with zero attached hydrogens (tertiary/aromatic N) is 1. The average molecular weight is 284 g/mol. The van der Waals surface area contributed by atoms with Gasteiger partial charge < -0.3 is 5.73 Å². The minimum atomic E-state index is -1.29. The van der Waals surface area contributed by atoms with E-state index < -0.39 is 16.7 Å². The van der Waals surface area contributed by atoms with E-state index in [4.69, 9.17) is 5.73 Å². The van der Waals surface area contributed by atoms with Crippen molar-refractivity contribution in [2.75, 3.05) is 6.26 Å². The van der Waals surface area contributed by atoms with Crippen LogP contribution in [0.2, 0.25) is 0 Å². The molecule has 0 spiro atoms. The maximum atomic E-state index is 12.8. The second-order valence-corrected chi connectivity index (χ2v) is 6.04. The molecule has 0 aliphatic rings. The van der Waals surface area contributed by atoms with Gasteiger partial charge in [0.1, 0.15) is 11.5 Å². The number of carbonyl (C=O) groups excluding carboxylic acids is 1. The SMILES string of the molecule is CS(=O)c1nc(C(N)=O)c(-c2ccc(F)cc2)s1. The standard InChI is InChI=1S/C11H9FN2O2S2/c1-18(16)11-14-8(10(13)15)9(17-11)6-2-4-7(12)5-3-6/h2-5H,1H3,(H2,13,15). The first-order valence-electron chi connectivity index (χ1n) is 4.89.